The fourth-order valence-corrected chi connectivity index (χ4v) is 1.89. The van der Waals surface area contributed by atoms with Crippen molar-refractivity contribution < 1.29 is 14.5 Å². The summed E-state index contributed by atoms with van der Waals surface area (Å²) in [7, 11) is 0. The Morgan fingerprint density at radius 2 is 2.21 bits per heavy atom. The van der Waals surface area contributed by atoms with Gasteiger partial charge in [0, 0.05) is 12.3 Å². The number of nitro groups is 1. The summed E-state index contributed by atoms with van der Waals surface area (Å²) in [6, 6.07) is 6.18. The Hall–Kier alpha value is -2.50. The van der Waals surface area contributed by atoms with Crippen molar-refractivity contribution in [1.82, 2.24) is 4.98 Å². The Balaban J connectivity index is 2.49. The lowest BCUT2D eigenvalue weighted by molar-refractivity contribution is -0.383. The molecule has 2 aromatic rings. The van der Waals surface area contributed by atoms with Crippen LogP contribution in [-0.2, 0) is 16.0 Å². The molecule has 6 nitrogen and oxygen atoms in total. The molecule has 1 aromatic carbocycles. The number of hydrogen-bond acceptors (Lipinski definition) is 5. The molecule has 0 aliphatic carbocycles. The van der Waals surface area contributed by atoms with E-state index in [1.54, 1.807) is 31.3 Å². The Labute approximate surface area is 109 Å². The Morgan fingerprint density at radius 1 is 1.42 bits per heavy atom. The number of esters is 1. The zero-order chi connectivity index (χ0) is 13.8. The predicted octanol–water partition coefficient (Wildman–Crippen LogP) is 2.25. The van der Waals surface area contributed by atoms with Crippen molar-refractivity contribution in [2.75, 3.05) is 6.61 Å². The van der Waals surface area contributed by atoms with E-state index in [1.165, 1.54) is 6.07 Å². The molecule has 0 atom stereocenters. The summed E-state index contributed by atoms with van der Waals surface area (Å²) in [4.78, 5) is 26.1. The molecule has 6 heteroatoms. The third-order valence-electron chi connectivity index (χ3n) is 2.67. The van der Waals surface area contributed by atoms with Gasteiger partial charge in [-0.2, -0.15) is 0 Å². The van der Waals surface area contributed by atoms with E-state index >= 15 is 0 Å². The second-order valence-electron chi connectivity index (χ2n) is 3.88. The molecule has 0 fully saturated rings. The first-order chi connectivity index (χ1) is 9.13. The van der Waals surface area contributed by atoms with Gasteiger partial charge in [0.25, 0.3) is 5.69 Å². The number of hydrogen-bond donors (Lipinski definition) is 0. The van der Waals surface area contributed by atoms with Gasteiger partial charge in [0.05, 0.1) is 28.9 Å². The Morgan fingerprint density at radius 3 is 2.89 bits per heavy atom. The molecule has 0 aliphatic rings. The summed E-state index contributed by atoms with van der Waals surface area (Å²) < 4.78 is 4.87. The first-order valence-corrected chi connectivity index (χ1v) is 5.80. The van der Waals surface area contributed by atoms with Crippen molar-refractivity contribution in [3.05, 3.63) is 46.1 Å². The smallest absolute Gasteiger partial charge is 0.310 e. The van der Waals surface area contributed by atoms with Crippen molar-refractivity contribution in [2.24, 2.45) is 0 Å². The molecule has 0 radical (unpaired) electrons. The van der Waals surface area contributed by atoms with E-state index in [0.29, 0.717) is 23.1 Å². The first-order valence-electron chi connectivity index (χ1n) is 5.80. The van der Waals surface area contributed by atoms with E-state index < -0.39 is 4.92 Å². The maximum Gasteiger partial charge on any atom is 0.310 e. The minimum atomic E-state index is -0.460. The Bertz CT molecular complexity index is 640. The predicted molar refractivity (Wildman–Crippen MR) is 68.7 cm³/mol. The molecule has 0 bridgehead atoms. The lowest BCUT2D eigenvalue weighted by Crippen LogP contribution is -2.08. The van der Waals surface area contributed by atoms with E-state index in [0.717, 1.165) is 0 Å². The van der Waals surface area contributed by atoms with Gasteiger partial charge in [0.15, 0.2) is 0 Å². The molecule has 0 N–H and O–H groups in total. The van der Waals surface area contributed by atoms with E-state index in [-0.39, 0.29) is 18.1 Å². The Kier molecular flexibility index (Phi) is 3.70. The minimum absolute atomic E-state index is 0.0179. The third-order valence-corrected chi connectivity index (χ3v) is 2.67. The minimum Gasteiger partial charge on any atom is -0.466 e. The average Bonchev–Trinajstić information content (AvgIpc) is 2.39. The van der Waals surface area contributed by atoms with Crippen LogP contribution in [0.1, 0.15) is 12.5 Å². The number of ether oxygens (including phenoxy) is 1. The number of carbonyl (C=O) groups is 1. The van der Waals surface area contributed by atoms with Crippen LogP contribution in [0.4, 0.5) is 5.69 Å². The maximum absolute atomic E-state index is 11.5. The van der Waals surface area contributed by atoms with E-state index in [2.05, 4.69) is 4.98 Å². The second-order valence-corrected chi connectivity index (χ2v) is 3.88. The van der Waals surface area contributed by atoms with Gasteiger partial charge in [-0.05, 0) is 30.7 Å². The van der Waals surface area contributed by atoms with Gasteiger partial charge < -0.3 is 4.74 Å². The highest BCUT2D eigenvalue weighted by Gasteiger charge is 2.16. The number of nitrogens with zero attached hydrogens (tertiary/aromatic N) is 2. The molecule has 1 aromatic heterocycles. The van der Waals surface area contributed by atoms with Crippen LogP contribution in [-0.4, -0.2) is 22.5 Å². The standard InChI is InChI=1S/C13H12N2O4/c1-2-19-12(16)8-9-5-6-11(15(17)18)10-4-3-7-14-13(9)10/h3-7H,2,8H2,1H3. The van der Waals surface area contributed by atoms with Gasteiger partial charge in [-0.15, -0.1) is 0 Å². The van der Waals surface area contributed by atoms with Crippen LogP contribution in [0.5, 0.6) is 0 Å². The molecule has 0 amide bonds. The lowest BCUT2D eigenvalue weighted by Gasteiger charge is -2.06. The van der Waals surface area contributed by atoms with Gasteiger partial charge in [0.2, 0.25) is 0 Å². The fourth-order valence-electron chi connectivity index (χ4n) is 1.89. The van der Waals surface area contributed by atoms with Gasteiger partial charge in [-0.25, -0.2) is 0 Å². The van der Waals surface area contributed by atoms with Crippen molar-refractivity contribution in [3.8, 4) is 0 Å². The summed E-state index contributed by atoms with van der Waals surface area (Å²) in [6.07, 6.45) is 1.60. The largest absolute Gasteiger partial charge is 0.466 e. The summed E-state index contributed by atoms with van der Waals surface area (Å²) in [5, 5.41) is 11.4. The van der Waals surface area contributed by atoms with E-state index in [9.17, 15) is 14.9 Å². The molecule has 1 heterocycles. The highest BCUT2D eigenvalue weighted by molar-refractivity contribution is 5.92. The number of rotatable bonds is 4. The highest BCUT2D eigenvalue weighted by Crippen LogP contribution is 2.27. The normalized spacial score (nSPS) is 10.4. The van der Waals surface area contributed by atoms with Gasteiger partial charge in [-0.3, -0.25) is 19.9 Å². The number of benzene rings is 1. The molecule has 2 rings (SSSR count). The van der Waals surface area contributed by atoms with Crippen LogP contribution in [0.25, 0.3) is 10.9 Å². The molecule has 0 spiro atoms. The highest BCUT2D eigenvalue weighted by atomic mass is 16.6. The van der Waals surface area contributed by atoms with Crippen molar-refractivity contribution in [2.45, 2.75) is 13.3 Å². The summed E-state index contributed by atoms with van der Waals surface area (Å²) >= 11 is 0. The number of fused-ring (bicyclic) bond motifs is 1. The topological polar surface area (TPSA) is 82.3 Å². The van der Waals surface area contributed by atoms with Gasteiger partial charge >= 0.3 is 5.97 Å². The molecular weight excluding hydrogens is 248 g/mol. The van der Waals surface area contributed by atoms with Crippen LogP contribution >= 0.6 is 0 Å². The van der Waals surface area contributed by atoms with Gasteiger partial charge in [-0.1, -0.05) is 0 Å². The zero-order valence-corrected chi connectivity index (χ0v) is 10.3. The molecule has 0 unspecified atom stereocenters. The number of non-ortho nitro benzene ring substituents is 1. The monoisotopic (exact) mass is 260 g/mol. The maximum atomic E-state index is 11.5. The second kappa shape index (κ2) is 5.43. The molecule has 0 aliphatic heterocycles. The first kappa shape index (κ1) is 12.9. The van der Waals surface area contributed by atoms with Crippen LogP contribution in [0.2, 0.25) is 0 Å². The SMILES string of the molecule is CCOC(=O)Cc1ccc([N+](=O)[O-])c2cccnc12. The van der Waals surface area contributed by atoms with Crippen molar-refractivity contribution in [1.29, 1.82) is 0 Å². The molecule has 19 heavy (non-hydrogen) atoms. The van der Waals surface area contributed by atoms with Crippen LogP contribution < -0.4 is 0 Å². The fraction of sp³-hybridized carbons (Fsp3) is 0.231. The zero-order valence-electron chi connectivity index (χ0n) is 10.3. The summed E-state index contributed by atoms with van der Waals surface area (Å²) in [5.41, 5.74) is 1.07. The number of pyridine rings is 1. The third kappa shape index (κ3) is 2.67. The van der Waals surface area contributed by atoms with Crippen LogP contribution in [0.15, 0.2) is 30.5 Å². The van der Waals surface area contributed by atoms with Crippen molar-refractivity contribution >= 4 is 22.6 Å². The quantitative estimate of drug-likeness (QED) is 0.478. The molecule has 98 valence electrons. The molecule has 0 saturated heterocycles. The number of carbonyl (C=O) groups excluding carboxylic acids is 1. The average molecular weight is 260 g/mol. The van der Waals surface area contributed by atoms with Gasteiger partial charge in [0.1, 0.15) is 0 Å². The van der Waals surface area contributed by atoms with Crippen LogP contribution in [0, 0.1) is 10.1 Å². The van der Waals surface area contributed by atoms with E-state index in [1.807, 2.05) is 0 Å². The van der Waals surface area contributed by atoms with Crippen molar-refractivity contribution in [3.63, 3.8) is 0 Å². The van der Waals surface area contributed by atoms with Crippen LogP contribution in [0.3, 0.4) is 0 Å². The number of aromatic nitrogens is 1. The molecule has 0 saturated carbocycles. The van der Waals surface area contributed by atoms with E-state index in [4.69, 9.17) is 4.74 Å². The summed E-state index contributed by atoms with van der Waals surface area (Å²) in [6.45, 7) is 2.03. The number of nitro benzene ring substituents is 1. The molecular formula is C13H12N2O4. The lowest BCUT2D eigenvalue weighted by atomic mass is 10.1. The summed E-state index contributed by atoms with van der Waals surface area (Å²) in [5.74, 6) is -0.372.